The van der Waals surface area contributed by atoms with Gasteiger partial charge in [0.1, 0.15) is 5.75 Å². The molecule has 0 radical (unpaired) electrons. The molecule has 1 unspecified atom stereocenters. The molecular formula is C22H23NO. The molecule has 0 N–H and O–H groups in total. The van der Waals surface area contributed by atoms with Crippen LogP contribution in [-0.4, -0.2) is 25.1 Å². The molecule has 1 atom stereocenters. The van der Waals surface area contributed by atoms with E-state index in [2.05, 4.69) is 42.0 Å². The second-order valence-corrected chi connectivity index (χ2v) is 5.34. The molecule has 24 heavy (non-hydrogen) atoms. The van der Waals surface area contributed by atoms with Crippen LogP contribution in [0, 0.1) is 11.8 Å². The van der Waals surface area contributed by atoms with Gasteiger partial charge in [0.15, 0.2) is 0 Å². The summed E-state index contributed by atoms with van der Waals surface area (Å²) in [6, 6.07) is 18.0. The van der Waals surface area contributed by atoms with Crippen LogP contribution in [0.1, 0.15) is 17.2 Å². The van der Waals surface area contributed by atoms with E-state index in [4.69, 9.17) is 4.74 Å². The SMILES string of the molecule is C=CCN(CC=C)C(C#Cc1ccccc1)c1ccc(OC)cc1. The highest BCUT2D eigenvalue weighted by Gasteiger charge is 2.16. The molecule has 0 fully saturated rings. The van der Waals surface area contributed by atoms with Gasteiger partial charge in [0.2, 0.25) is 0 Å². The van der Waals surface area contributed by atoms with Crippen LogP contribution in [0.5, 0.6) is 5.75 Å². The van der Waals surface area contributed by atoms with E-state index in [9.17, 15) is 0 Å². The van der Waals surface area contributed by atoms with Crippen molar-refractivity contribution in [1.82, 2.24) is 4.90 Å². The maximum atomic E-state index is 5.25. The Balaban J connectivity index is 2.37. The summed E-state index contributed by atoms with van der Waals surface area (Å²) in [5.41, 5.74) is 2.14. The fourth-order valence-corrected chi connectivity index (χ4v) is 2.46. The van der Waals surface area contributed by atoms with Gasteiger partial charge in [-0.25, -0.2) is 0 Å². The van der Waals surface area contributed by atoms with Crippen molar-refractivity contribution in [3.05, 3.63) is 91.0 Å². The van der Waals surface area contributed by atoms with Gasteiger partial charge in [0, 0.05) is 18.7 Å². The predicted octanol–water partition coefficient (Wildman–Crippen LogP) is 4.46. The fraction of sp³-hybridized carbons (Fsp3) is 0.182. The fourth-order valence-electron chi connectivity index (χ4n) is 2.46. The molecule has 2 heteroatoms. The van der Waals surface area contributed by atoms with E-state index in [1.54, 1.807) is 7.11 Å². The average molecular weight is 317 g/mol. The Morgan fingerprint density at radius 2 is 1.62 bits per heavy atom. The topological polar surface area (TPSA) is 12.5 Å². The average Bonchev–Trinajstić information content (AvgIpc) is 2.63. The van der Waals surface area contributed by atoms with Gasteiger partial charge in [-0.2, -0.15) is 0 Å². The zero-order chi connectivity index (χ0) is 17.2. The summed E-state index contributed by atoms with van der Waals surface area (Å²) in [5.74, 6) is 7.52. The minimum atomic E-state index is -0.0351. The van der Waals surface area contributed by atoms with Gasteiger partial charge in [-0.3, -0.25) is 4.90 Å². The Kier molecular flexibility index (Phi) is 6.89. The van der Waals surface area contributed by atoms with Crippen LogP contribution in [-0.2, 0) is 0 Å². The molecule has 0 amide bonds. The third-order valence-corrected chi connectivity index (χ3v) is 3.65. The number of hydrogen-bond acceptors (Lipinski definition) is 2. The van der Waals surface area contributed by atoms with Gasteiger partial charge >= 0.3 is 0 Å². The number of benzene rings is 2. The molecule has 0 saturated heterocycles. The molecule has 0 aliphatic heterocycles. The Hall–Kier alpha value is -2.76. The highest BCUT2D eigenvalue weighted by Crippen LogP contribution is 2.23. The lowest BCUT2D eigenvalue weighted by Gasteiger charge is -2.26. The minimum Gasteiger partial charge on any atom is -0.497 e. The second-order valence-electron chi connectivity index (χ2n) is 5.34. The largest absolute Gasteiger partial charge is 0.497 e. The molecule has 0 aliphatic carbocycles. The molecular weight excluding hydrogens is 294 g/mol. The van der Waals surface area contributed by atoms with Gasteiger partial charge in [0.05, 0.1) is 13.2 Å². The molecule has 122 valence electrons. The standard InChI is InChI=1S/C22H23NO/c1-4-17-23(18-5-2)22(16-11-19-9-7-6-8-10-19)20-12-14-21(24-3)15-13-20/h4-10,12-15,22H,1-2,17-18H2,3H3. The first-order valence-electron chi connectivity index (χ1n) is 7.95. The first-order valence-corrected chi connectivity index (χ1v) is 7.95. The number of rotatable bonds is 7. The predicted molar refractivity (Wildman–Crippen MR) is 101 cm³/mol. The van der Waals surface area contributed by atoms with Crippen LogP contribution in [0.25, 0.3) is 0 Å². The first-order chi connectivity index (χ1) is 11.8. The molecule has 2 nitrogen and oxygen atoms in total. The van der Waals surface area contributed by atoms with E-state index in [1.807, 2.05) is 54.6 Å². The maximum absolute atomic E-state index is 5.25. The molecule has 2 aromatic carbocycles. The summed E-state index contributed by atoms with van der Waals surface area (Å²) in [7, 11) is 1.67. The second kappa shape index (κ2) is 9.39. The molecule has 0 aliphatic rings. The summed E-state index contributed by atoms with van der Waals surface area (Å²) in [6.07, 6.45) is 3.79. The summed E-state index contributed by atoms with van der Waals surface area (Å²) in [5, 5.41) is 0. The number of nitrogens with zero attached hydrogens (tertiary/aromatic N) is 1. The van der Waals surface area contributed by atoms with Gasteiger partial charge in [-0.1, -0.05) is 54.3 Å². The van der Waals surface area contributed by atoms with Crippen molar-refractivity contribution in [2.24, 2.45) is 0 Å². The van der Waals surface area contributed by atoms with E-state index in [-0.39, 0.29) is 6.04 Å². The van der Waals surface area contributed by atoms with Crippen molar-refractivity contribution in [2.45, 2.75) is 6.04 Å². The van der Waals surface area contributed by atoms with Gasteiger partial charge in [-0.05, 0) is 29.8 Å². The van der Waals surface area contributed by atoms with E-state index in [1.165, 1.54) is 0 Å². The van der Waals surface area contributed by atoms with Gasteiger partial charge in [0.25, 0.3) is 0 Å². The first kappa shape index (κ1) is 17.6. The summed E-state index contributed by atoms with van der Waals surface area (Å²) < 4.78 is 5.25. The Bertz CT molecular complexity index is 697. The van der Waals surface area contributed by atoms with Crippen LogP contribution in [0.4, 0.5) is 0 Å². The number of ether oxygens (including phenoxy) is 1. The lowest BCUT2D eigenvalue weighted by atomic mass is 10.0. The molecule has 0 aromatic heterocycles. The highest BCUT2D eigenvalue weighted by molar-refractivity contribution is 5.39. The monoisotopic (exact) mass is 317 g/mol. The molecule has 0 spiro atoms. The zero-order valence-corrected chi connectivity index (χ0v) is 14.1. The molecule has 0 heterocycles. The van der Waals surface area contributed by atoms with E-state index in [0.29, 0.717) is 0 Å². The third-order valence-electron chi connectivity index (χ3n) is 3.65. The summed E-state index contributed by atoms with van der Waals surface area (Å²) in [6.45, 7) is 9.21. The Labute approximate surface area is 145 Å². The summed E-state index contributed by atoms with van der Waals surface area (Å²) in [4.78, 5) is 2.23. The van der Waals surface area contributed by atoms with Gasteiger partial charge in [-0.15, -0.1) is 13.2 Å². The molecule has 0 bridgehead atoms. The summed E-state index contributed by atoms with van der Waals surface area (Å²) >= 11 is 0. The smallest absolute Gasteiger partial charge is 0.118 e. The highest BCUT2D eigenvalue weighted by atomic mass is 16.5. The normalized spacial score (nSPS) is 11.2. The molecule has 0 saturated carbocycles. The van der Waals surface area contributed by atoms with Crippen LogP contribution >= 0.6 is 0 Å². The quantitative estimate of drug-likeness (QED) is 0.552. The van der Waals surface area contributed by atoms with E-state index < -0.39 is 0 Å². The van der Waals surface area contributed by atoms with Crippen molar-refractivity contribution in [2.75, 3.05) is 20.2 Å². The minimum absolute atomic E-state index is 0.0351. The van der Waals surface area contributed by atoms with Crippen LogP contribution < -0.4 is 4.74 Å². The Morgan fingerprint density at radius 3 is 2.17 bits per heavy atom. The van der Waals surface area contributed by atoms with Crippen LogP contribution in [0.2, 0.25) is 0 Å². The van der Waals surface area contributed by atoms with Crippen molar-refractivity contribution in [1.29, 1.82) is 0 Å². The lowest BCUT2D eigenvalue weighted by molar-refractivity contribution is 0.293. The lowest BCUT2D eigenvalue weighted by Crippen LogP contribution is -2.28. The molecule has 2 aromatic rings. The zero-order valence-electron chi connectivity index (χ0n) is 14.1. The third kappa shape index (κ3) is 4.87. The number of hydrogen-bond donors (Lipinski definition) is 0. The van der Waals surface area contributed by atoms with E-state index >= 15 is 0 Å². The van der Waals surface area contributed by atoms with Crippen molar-refractivity contribution < 1.29 is 4.74 Å². The maximum Gasteiger partial charge on any atom is 0.118 e. The van der Waals surface area contributed by atoms with Gasteiger partial charge < -0.3 is 4.74 Å². The van der Waals surface area contributed by atoms with E-state index in [0.717, 1.165) is 30.0 Å². The van der Waals surface area contributed by atoms with Crippen molar-refractivity contribution in [3.8, 4) is 17.6 Å². The molecule has 2 rings (SSSR count). The van der Waals surface area contributed by atoms with Crippen molar-refractivity contribution in [3.63, 3.8) is 0 Å². The van der Waals surface area contributed by atoms with Crippen LogP contribution in [0.15, 0.2) is 79.9 Å². The number of methoxy groups -OCH3 is 1. The van der Waals surface area contributed by atoms with Crippen molar-refractivity contribution >= 4 is 0 Å². The van der Waals surface area contributed by atoms with Crippen LogP contribution in [0.3, 0.4) is 0 Å². The Morgan fingerprint density at radius 1 is 1.00 bits per heavy atom.